The third-order valence-electron chi connectivity index (χ3n) is 1.10. The minimum atomic E-state index is 0. The molecule has 0 aliphatic carbocycles. The third kappa shape index (κ3) is 20.9. The molecule has 1 aromatic rings. The normalized spacial score (nSPS) is 6.53. The highest BCUT2D eigenvalue weighted by molar-refractivity contribution is 5.20. The van der Waals surface area contributed by atoms with Gasteiger partial charge >= 0.3 is 0 Å². The number of rotatable bonds is 3. The van der Waals surface area contributed by atoms with Crippen LogP contribution in [0.15, 0.2) is 30.3 Å². The zero-order valence-electron chi connectivity index (χ0n) is 8.36. The maximum Gasteiger partial charge on any atom is 0.119 e. The highest BCUT2D eigenvalue weighted by Crippen LogP contribution is 2.06. The van der Waals surface area contributed by atoms with E-state index in [2.05, 4.69) is 13.8 Å². The maximum absolute atomic E-state index is 8.40. The lowest BCUT2D eigenvalue weighted by molar-refractivity contribution is 0.201. The van der Waals surface area contributed by atoms with Crippen molar-refractivity contribution in [1.82, 2.24) is 0 Å². The first-order valence-electron chi connectivity index (χ1n) is 4.63. The Morgan fingerprint density at radius 1 is 0.941 bits per heavy atom. The number of hydrogen-bond acceptors (Lipinski definition) is 2. The number of ether oxygens (including phenoxy) is 1. The summed E-state index contributed by atoms with van der Waals surface area (Å²) in [6.45, 7) is 4.68. The van der Waals surface area contributed by atoms with Gasteiger partial charge in [-0.05, 0) is 12.1 Å². The molecule has 0 unspecified atom stereocenters. The van der Waals surface area contributed by atoms with Crippen LogP contribution < -0.4 is 4.74 Å². The van der Waals surface area contributed by atoms with E-state index >= 15 is 0 Å². The number of hydrogen-bond donors (Lipinski definition) is 1. The first-order chi connectivity index (χ1) is 6.35. The van der Waals surface area contributed by atoms with Gasteiger partial charge in [0.1, 0.15) is 12.4 Å². The minimum Gasteiger partial charge on any atom is -0.491 e. The molecule has 0 spiro atoms. The Labute approximate surface area is 110 Å². The van der Waals surface area contributed by atoms with E-state index in [1.165, 1.54) is 6.42 Å². The Balaban J connectivity index is -0.0000000629. The lowest BCUT2D eigenvalue weighted by atomic mass is 10.3. The van der Waals surface area contributed by atoms with Crippen LogP contribution in [-0.4, -0.2) is 18.3 Å². The maximum atomic E-state index is 8.40. The van der Waals surface area contributed by atoms with E-state index in [9.17, 15) is 0 Å². The van der Waals surface area contributed by atoms with Gasteiger partial charge in [0.15, 0.2) is 0 Å². The van der Waals surface area contributed by atoms with Gasteiger partial charge in [-0.2, -0.15) is 0 Å². The average molecular weight is 246 g/mol. The Hall–Kier alpha value is -1.02. The molecule has 0 heterocycles. The Bertz CT molecular complexity index is 185. The van der Waals surface area contributed by atoms with Crippen LogP contribution in [0.5, 0.6) is 5.75 Å². The fourth-order valence-electron chi connectivity index (χ4n) is 0.680. The van der Waals surface area contributed by atoms with Crippen LogP contribution >= 0.6 is 0 Å². The summed E-state index contributed by atoms with van der Waals surface area (Å²) in [5.74, 6) is 0.802. The molecule has 0 bridgehead atoms. The van der Waals surface area contributed by atoms with Crippen LogP contribution in [0, 0.1) is 0 Å². The van der Waals surface area contributed by atoms with Gasteiger partial charge in [-0.25, -0.2) is 0 Å². The monoisotopic (exact) mass is 246 g/mol. The Morgan fingerprint density at radius 3 is 1.71 bits per heavy atom. The lowest BCUT2D eigenvalue weighted by Gasteiger charge is -2.01. The summed E-state index contributed by atoms with van der Waals surface area (Å²) >= 11 is 0. The van der Waals surface area contributed by atoms with Crippen molar-refractivity contribution in [3.05, 3.63) is 30.3 Å². The second kappa shape index (κ2) is 24.3. The van der Waals surface area contributed by atoms with E-state index in [1.807, 2.05) is 30.3 Å². The van der Waals surface area contributed by atoms with Crippen molar-refractivity contribution >= 4 is 0 Å². The number of benzene rings is 1. The SMILES string of the molecule is C.C.C.C.CCC.OCCOc1ccccc1. The molecule has 0 amide bonds. The number of aliphatic hydroxyl groups excluding tert-OH is 1. The van der Waals surface area contributed by atoms with Crippen molar-refractivity contribution in [3.8, 4) is 5.75 Å². The van der Waals surface area contributed by atoms with Gasteiger partial charge in [0.2, 0.25) is 0 Å². The van der Waals surface area contributed by atoms with Crippen LogP contribution in [-0.2, 0) is 0 Å². The summed E-state index contributed by atoms with van der Waals surface area (Å²) in [5, 5.41) is 8.40. The van der Waals surface area contributed by atoms with Gasteiger partial charge in [0, 0.05) is 0 Å². The van der Waals surface area contributed by atoms with Crippen LogP contribution in [0.25, 0.3) is 0 Å². The quantitative estimate of drug-likeness (QED) is 0.811. The molecule has 1 N–H and O–H groups in total. The molecule has 0 aromatic heterocycles. The third-order valence-corrected chi connectivity index (χ3v) is 1.10. The van der Waals surface area contributed by atoms with Crippen LogP contribution in [0.1, 0.15) is 50.0 Å². The van der Waals surface area contributed by atoms with Gasteiger partial charge < -0.3 is 9.84 Å². The summed E-state index contributed by atoms with van der Waals surface area (Å²) in [4.78, 5) is 0. The standard InChI is InChI=1S/C8H10O2.C3H8.4CH4/c9-6-7-10-8-4-2-1-3-5-8;1-3-2;;;;/h1-5,9H,6-7H2;3H2,1-2H3;4*1H4. The van der Waals surface area contributed by atoms with E-state index in [0.29, 0.717) is 6.61 Å². The predicted molar refractivity (Wildman–Crippen MR) is 81.9 cm³/mol. The molecule has 0 radical (unpaired) electrons. The minimum absolute atomic E-state index is 0. The molecule has 0 saturated carbocycles. The molecule has 0 aliphatic heterocycles. The van der Waals surface area contributed by atoms with E-state index < -0.39 is 0 Å². The average Bonchev–Trinajstić information content (AvgIpc) is 2.18. The van der Waals surface area contributed by atoms with E-state index in [0.717, 1.165) is 5.75 Å². The smallest absolute Gasteiger partial charge is 0.119 e. The van der Waals surface area contributed by atoms with Gasteiger partial charge in [0.05, 0.1) is 6.61 Å². The molecular weight excluding hydrogens is 212 g/mol. The molecule has 17 heavy (non-hydrogen) atoms. The van der Waals surface area contributed by atoms with Gasteiger partial charge in [0.25, 0.3) is 0 Å². The summed E-state index contributed by atoms with van der Waals surface area (Å²) in [7, 11) is 0. The molecule has 0 atom stereocenters. The van der Waals surface area contributed by atoms with Gasteiger partial charge in [-0.1, -0.05) is 68.2 Å². The Kier molecular flexibility index (Phi) is 42.5. The van der Waals surface area contributed by atoms with Crippen molar-refractivity contribution in [3.63, 3.8) is 0 Å². The second-order valence-electron chi connectivity index (χ2n) is 2.59. The summed E-state index contributed by atoms with van der Waals surface area (Å²) in [6, 6.07) is 9.43. The van der Waals surface area contributed by atoms with Crippen molar-refractivity contribution in [2.75, 3.05) is 13.2 Å². The summed E-state index contributed by atoms with van der Waals surface area (Å²) < 4.78 is 5.11. The lowest BCUT2D eigenvalue weighted by Crippen LogP contribution is -2.00. The molecule has 2 nitrogen and oxygen atoms in total. The molecule has 106 valence electrons. The first-order valence-corrected chi connectivity index (χ1v) is 4.63. The van der Waals surface area contributed by atoms with Crippen LogP contribution in [0.2, 0.25) is 0 Å². The van der Waals surface area contributed by atoms with Crippen LogP contribution in [0.3, 0.4) is 0 Å². The molecule has 0 aliphatic rings. The summed E-state index contributed by atoms with van der Waals surface area (Å²) in [5.41, 5.74) is 0. The van der Waals surface area contributed by atoms with Crippen molar-refractivity contribution < 1.29 is 9.84 Å². The highest BCUT2D eigenvalue weighted by atomic mass is 16.5. The highest BCUT2D eigenvalue weighted by Gasteiger charge is 1.86. The molecular formula is C15H34O2. The predicted octanol–water partition coefficient (Wildman–Crippen LogP) is 5.02. The molecule has 1 aromatic carbocycles. The van der Waals surface area contributed by atoms with E-state index in [1.54, 1.807) is 0 Å². The largest absolute Gasteiger partial charge is 0.491 e. The Morgan fingerprint density at radius 2 is 1.35 bits per heavy atom. The topological polar surface area (TPSA) is 29.5 Å². The zero-order valence-corrected chi connectivity index (χ0v) is 8.36. The van der Waals surface area contributed by atoms with Crippen molar-refractivity contribution in [1.29, 1.82) is 0 Å². The fraction of sp³-hybridized carbons (Fsp3) is 0.600. The van der Waals surface area contributed by atoms with Crippen LogP contribution in [0.4, 0.5) is 0 Å². The zero-order chi connectivity index (χ0) is 9.94. The molecule has 1 rings (SSSR count). The fourth-order valence-corrected chi connectivity index (χ4v) is 0.680. The molecule has 0 fully saturated rings. The molecule has 2 heteroatoms. The first kappa shape index (κ1) is 29.7. The molecule has 0 saturated heterocycles. The second-order valence-corrected chi connectivity index (χ2v) is 2.59. The van der Waals surface area contributed by atoms with E-state index in [4.69, 9.17) is 9.84 Å². The van der Waals surface area contributed by atoms with Gasteiger partial charge in [-0.3, -0.25) is 0 Å². The summed E-state index contributed by atoms with van der Waals surface area (Å²) in [6.07, 6.45) is 1.25. The van der Waals surface area contributed by atoms with Crippen molar-refractivity contribution in [2.24, 2.45) is 0 Å². The van der Waals surface area contributed by atoms with Gasteiger partial charge in [-0.15, -0.1) is 0 Å². The van der Waals surface area contributed by atoms with E-state index in [-0.39, 0.29) is 36.3 Å². The number of aliphatic hydroxyl groups is 1. The number of para-hydroxylation sites is 1. The van der Waals surface area contributed by atoms with Crippen molar-refractivity contribution in [2.45, 2.75) is 50.0 Å².